The second kappa shape index (κ2) is 4.50. The smallest absolute Gasteiger partial charge is 0.132 e. The van der Waals surface area contributed by atoms with E-state index in [9.17, 15) is 13.9 Å². The van der Waals surface area contributed by atoms with Gasteiger partial charge >= 0.3 is 0 Å². The summed E-state index contributed by atoms with van der Waals surface area (Å²) in [5.41, 5.74) is -0.544. The third-order valence-corrected chi connectivity index (χ3v) is 3.06. The van der Waals surface area contributed by atoms with Crippen molar-refractivity contribution in [2.24, 2.45) is 0 Å². The SMILES string of the molecule is Cc1ccc(C(C)(O)c2c(F)cccc2F)cc1. The van der Waals surface area contributed by atoms with E-state index in [1.54, 1.807) is 24.3 Å². The molecule has 0 saturated carbocycles. The minimum atomic E-state index is -1.69. The van der Waals surface area contributed by atoms with Crippen LogP contribution in [0.2, 0.25) is 0 Å². The van der Waals surface area contributed by atoms with Gasteiger partial charge in [-0.25, -0.2) is 8.78 Å². The van der Waals surface area contributed by atoms with Gasteiger partial charge in [-0.15, -0.1) is 0 Å². The van der Waals surface area contributed by atoms with Gasteiger partial charge in [-0.2, -0.15) is 0 Å². The van der Waals surface area contributed by atoms with Crippen molar-refractivity contribution < 1.29 is 13.9 Å². The van der Waals surface area contributed by atoms with Crippen molar-refractivity contribution in [2.75, 3.05) is 0 Å². The van der Waals surface area contributed by atoms with Crippen LogP contribution in [0, 0.1) is 18.6 Å². The van der Waals surface area contributed by atoms with Crippen LogP contribution in [0.25, 0.3) is 0 Å². The molecule has 0 fully saturated rings. The number of hydrogen-bond acceptors (Lipinski definition) is 1. The van der Waals surface area contributed by atoms with Crippen molar-refractivity contribution in [2.45, 2.75) is 19.4 Å². The first kappa shape index (κ1) is 12.7. The molecule has 0 radical (unpaired) electrons. The van der Waals surface area contributed by atoms with Crippen LogP contribution in [0.3, 0.4) is 0 Å². The normalized spacial score (nSPS) is 14.3. The van der Waals surface area contributed by atoms with Gasteiger partial charge in [-0.05, 0) is 31.5 Å². The Labute approximate surface area is 105 Å². The van der Waals surface area contributed by atoms with Crippen molar-refractivity contribution >= 4 is 0 Å². The van der Waals surface area contributed by atoms with Crippen molar-refractivity contribution in [3.63, 3.8) is 0 Å². The molecule has 1 nitrogen and oxygen atoms in total. The van der Waals surface area contributed by atoms with Crippen LogP contribution >= 0.6 is 0 Å². The third-order valence-electron chi connectivity index (χ3n) is 3.06. The minimum absolute atomic E-state index is 0.325. The van der Waals surface area contributed by atoms with Gasteiger partial charge in [0.2, 0.25) is 0 Å². The fourth-order valence-electron chi connectivity index (χ4n) is 1.99. The molecule has 0 bridgehead atoms. The van der Waals surface area contributed by atoms with E-state index in [4.69, 9.17) is 0 Å². The zero-order valence-corrected chi connectivity index (χ0v) is 10.2. The molecule has 2 rings (SSSR count). The fourth-order valence-corrected chi connectivity index (χ4v) is 1.99. The largest absolute Gasteiger partial charge is 0.380 e. The maximum atomic E-state index is 13.7. The predicted octanol–water partition coefficient (Wildman–Crippen LogP) is 3.53. The molecule has 18 heavy (non-hydrogen) atoms. The Balaban J connectivity index is 2.57. The highest BCUT2D eigenvalue weighted by Gasteiger charge is 2.31. The molecule has 94 valence electrons. The molecule has 3 heteroatoms. The van der Waals surface area contributed by atoms with Crippen molar-refractivity contribution in [3.05, 3.63) is 70.8 Å². The molecule has 2 aromatic rings. The first-order valence-corrected chi connectivity index (χ1v) is 5.67. The van der Waals surface area contributed by atoms with Crippen molar-refractivity contribution in [1.29, 1.82) is 0 Å². The van der Waals surface area contributed by atoms with Gasteiger partial charge in [0.05, 0.1) is 5.56 Å². The average molecular weight is 248 g/mol. The quantitative estimate of drug-likeness (QED) is 0.862. The van der Waals surface area contributed by atoms with Gasteiger partial charge < -0.3 is 5.11 Å². The molecule has 2 aromatic carbocycles. The van der Waals surface area contributed by atoms with Crippen LogP contribution < -0.4 is 0 Å². The lowest BCUT2D eigenvalue weighted by Crippen LogP contribution is -2.25. The second-order valence-electron chi connectivity index (χ2n) is 4.53. The molecule has 0 saturated heterocycles. The summed E-state index contributed by atoms with van der Waals surface area (Å²) in [6, 6.07) is 10.5. The molecule has 0 aliphatic rings. The van der Waals surface area contributed by atoms with Crippen LogP contribution in [-0.4, -0.2) is 5.11 Å². The number of aliphatic hydroxyl groups is 1. The number of aryl methyl sites for hydroxylation is 1. The number of hydrogen-bond donors (Lipinski definition) is 1. The molecule has 0 aliphatic heterocycles. The average Bonchev–Trinajstić information content (AvgIpc) is 2.29. The second-order valence-corrected chi connectivity index (χ2v) is 4.53. The Kier molecular flexibility index (Phi) is 3.18. The first-order valence-electron chi connectivity index (χ1n) is 5.67. The van der Waals surface area contributed by atoms with E-state index in [2.05, 4.69) is 0 Å². The molecule has 1 atom stereocenters. The maximum absolute atomic E-state index is 13.7. The highest BCUT2D eigenvalue weighted by atomic mass is 19.1. The van der Waals surface area contributed by atoms with Crippen molar-refractivity contribution in [3.8, 4) is 0 Å². The Morgan fingerprint density at radius 3 is 1.94 bits per heavy atom. The molecule has 0 amide bonds. The van der Waals surface area contributed by atoms with Crippen LogP contribution in [0.1, 0.15) is 23.6 Å². The number of benzene rings is 2. The molecular weight excluding hydrogens is 234 g/mol. The predicted molar refractivity (Wildman–Crippen MR) is 66.2 cm³/mol. The number of rotatable bonds is 2. The summed E-state index contributed by atoms with van der Waals surface area (Å²) in [6.07, 6.45) is 0. The summed E-state index contributed by atoms with van der Waals surface area (Å²) in [5.74, 6) is -1.50. The maximum Gasteiger partial charge on any atom is 0.132 e. The fraction of sp³-hybridized carbons (Fsp3) is 0.200. The lowest BCUT2D eigenvalue weighted by Gasteiger charge is -2.25. The van der Waals surface area contributed by atoms with E-state index >= 15 is 0 Å². The van der Waals surface area contributed by atoms with E-state index in [1.807, 2.05) is 6.92 Å². The van der Waals surface area contributed by atoms with E-state index < -0.39 is 17.2 Å². The zero-order chi connectivity index (χ0) is 13.3. The first-order chi connectivity index (χ1) is 8.43. The molecule has 0 spiro atoms. The van der Waals surface area contributed by atoms with Crippen LogP contribution in [-0.2, 0) is 5.60 Å². The highest BCUT2D eigenvalue weighted by molar-refractivity contribution is 5.37. The van der Waals surface area contributed by atoms with E-state index in [-0.39, 0.29) is 5.56 Å². The Morgan fingerprint density at radius 1 is 0.944 bits per heavy atom. The third kappa shape index (κ3) is 2.14. The topological polar surface area (TPSA) is 20.2 Å². The summed E-state index contributed by atoms with van der Waals surface area (Å²) in [6.45, 7) is 3.29. The van der Waals surface area contributed by atoms with Crippen LogP contribution in [0.15, 0.2) is 42.5 Å². The molecular formula is C15H14F2O. The number of halogens is 2. The van der Waals surface area contributed by atoms with Gasteiger partial charge in [0.1, 0.15) is 17.2 Å². The summed E-state index contributed by atoms with van der Waals surface area (Å²) in [7, 11) is 0. The van der Waals surface area contributed by atoms with Gasteiger partial charge in [0.25, 0.3) is 0 Å². The van der Waals surface area contributed by atoms with Gasteiger partial charge in [-0.3, -0.25) is 0 Å². The van der Waals surface area contributed by atoms with Gasteiger partial charge in [0.15, 0.2) is 0 Å². The minimum Gasteiger partial charge on any atom is -0.380 e. The lowest BCUT2D eigenvalue weighted by molar-refractivity contribution is 0.0934. The van der Waals surface area contributed by atoms with E-state index in [0.717, 1.165) is 17.7 Å². The molecule has 0 aliphatic carbocycles. The molecule has 0 aromatic heterocycles. The van der Waals surface area contributed by atoms with E-state index in [0.29, 0.717) is 5.56 Å². The van der Waals surface area contributed by atoms with Gasteiger partial charge in [0, 0.05) is 0 Å². The monoisotopic (exact) mass is 248 g/mol. The van der Waals surface area contributed by atoms with Gasteiger partial charge in [-0.1, -0.05) is 35.9 Å². The summed E-state index contributed by atoms with van der Waals surface area (Å²) >= 11 is 0. The molecule has 1 N–H and O–H groups in total. The zero-order valence-electron chi connectivity index (χ0n) is 10.2. The Hall–Kier alpha value is -1.74. The van der Waals surface area contributed by atoms with Crippen LogP contribution in [0.5, 0.6) is 0 Å². The highest BCUT2D eigenvalue weighted by Crippen LogP contribution is 2.32. The summed E-state index contributed by atoms with van der Waals surface area (Å²) in [4.78, 5) is 0. The summed E-state index contributed by atoms with van der Waals surface area (Å²) in [5, 5.41) is 10.4. The standard InChI is InChI=1S/C15H14F2O/c1-10-6-8-11(9-7-10)15(2,18)14-12(16)4-3-5-13(14)17/h3-9,18H,1-2H3. The summed E-state index contributed by atoms with van der Waals surface area (Å²) < 4.78 is 27.4. The Bertz CT molecular complexity index is 539. The molecule has 0 heterocycles. The molecule has 1 unspecified atom stereocenters. The van der Waals surface area contributed by atoms with Crippen LogP contribution in [0.4, 0.5) is 8.78 Å². The Morgan fingerprint density at radius 2 is 1.44 bits per heavy atom. The lowest BCUT2D eigenvalue weighted by atomic mass is 9.87. The van der Waals surface area contributed by atoms with Crippen molar-refractivity contribution in [1.82, 2.24) is 0 Å². The van der Waals surface area contributed by atoms with E-state index in [1.165, 1.54) is 13.0 Å².